The van der Waals surface area contributed by atoms with Gasteiger partial charge in [-0.2, -0.15) is 0 Å². The summed E-state index contributed by atoms with van der Waals surface area (Å²) in [5.74, 6) is 0. The maximum Gasteiger partial charge on any atom is -0.00489 e. The average Bonchev–Trinajstić information content (AvgIpc) is 2.49. The standard InChI is InChI=1S/C22H47N/c1-5-6-7-8-11-14-17-20-23-21-18-15-12-9-10-13-16-19-22(2,3)4/h23H,5-21H2,1-4H3. The Balaban J connectivity index is 3.00. The summed E-state index contributed by atoms with van der Waals surface area (Å²) in [5.41, 5.74) is 0.529. The van der Waals surface area contributed by atoms with Gasteiger partial charge in [-0.15, -0.1) is 0 Å². The number of rotatable bonds is 17. The van der Waals surface area contributed by atoms with E-state index in [1.54, 1.807) is 0 Å². The molecule has 0 aliphatic carbocycles. The van der Waals surface area contributed by atoms with Crippen molar-refractivity contribution in [3.63, 3.8) is 0 Å². The molecule has 23 heavy (non-hydrogen) atoms. The van der Waals surface area contributed by atoms with E-state index in [1.807, 2.05) is 0 Å². The summed E-state index contributed by atoms with van der Waals surface area (Å²) in [6, 6.07) is 0. The summed E-state index contributed by atoms with van der Waals surface area (Å²) in [4.78, 5) is 0. The summed E-state index contributed by atoms with van der Waals surface area (Å²) >= 11 is 0. The van der Waals surface area contributed by atoms with E-state index in [0.717, 1.165) is 0 Å². The van der Waals surface area contributed by atoms with Crippen molar-refractivity contribution in [1.82, 2.24) is 5.32 Å². The van der Waals surface area contributed by atoms with Gasteiger partial charge in [0, 0.05) is 0 Å². The Labute approximate surface area is 148 Å². The van der Waals surface area contributed by atoms with E-state index in [4.69, 9.17) is 0 Å². The zero-order valence-electron chi connectivity index (χ0n) is 17.0. The molecule has 1 nitrogen and oxygen atoms in total. The molecule has 0 spiro atoms. The van der Waals surface area contributed by atoms with Crippen molar-refractivity contribution in [2.24, 2.45) is 5.41 Å². The van der Waals surface area contributed by atoms with Crippen LogP contribution in [0.5, 0.6) is 0 Å². The van der Waals surface area contributed by atoms with Crippen LogP contribution in [0.2, 0.25) is 0 Å². The molecule has 0 aliphatic rings. The van der Waals surface area contributed by atoms with E-state index >= 15 is 0 Å². The Bertz CT molecular complexity index is 217. The highest BCUT2D eigenvalue weighted by Crippen LogP contribution is 2.22. The molecular formula is C22H47N. The fraction of sp³-hybridized carbons (Fsp3) is 1.00. The van der Waals surface area contributed by atoms with Gasteiger partial charge < -0.3 is 5.32 Å². The molecule has 0 saturated carbocycles. The second-order valence-corrected chi connectivity index (χ2v) is 8.66. The van der Waals surface area contributed by atoms with Crippen LogP contribution in [0.3, 0.4) is 0 Å². The van der Waals surface area contributed by atoms with Crippen molar-refractivity contribution in [3.05, 3.63) is 0 Å². The van der Waals surface area contributed by atoms with Crippen LogP contribution in [0.15, 0.2) is 0 Å². The fourth-order valence-corrected chi connectivity index (χ4v) is 3.12. The van der Waals surface area contributed by atoms with Crippen molar-refractivity contribution < 1.29 is 0 Å². The number of hydrogen-bond donors (Lipinski definition) is 1. The van der Waals surface area contributed by atoms with E-state index in [9.17, 15) is 0 Å². The molecule has 0 fully saturated rings. The Kier molecular flexibility index (Phi) is 16.8. The van der Waals surface area contributed by atoms with Gasteiger partial charge in [0.25, 0.3) is 0 Å². The lowest BCUT2D eigenvalue weighted by molar-refractivity contribution is 0.356. The van der Waals surface area contributed by atoms with E-state index in [-0.39, 0.29) is 0 Å². The maximum atomic E-state index is 3.62. The second kappa shape index (κ2) is 16.8. The topological polar surface area (TPSA) is 12.0 Å². The van der Waals surface area contributed by atoms with Crippen molar-refractivity contribution in [3.8, 4) is 0 Å². The lowest BCUT2D eigenvalue weighted by atomic mass is 9.89. The Hall–Kier alpha value is -0.0400. The third kappa shape index (κ3) is 22.0. The van der Waals surface area contributed by atoms with Crippen LogP contribution < -0.4 is 5.32 Å². The summed E-state index contributed by atoms with van der Waals surface area (Å²) < 4.78 is 0. The number of unbranched alkanes of at least 4 members (excludes halogenated alkanes) is 12. The van der Waals surface area contributed by atoms with Crippen molar-refractivity contribution in [2.75, 3.05) is 13.1 Å². The summed E-state index contributed by atoms with van der Waals surface area (Å²) in [5, 5.41) is 3.62. The van der Waals surface area contributed by atoms with Crippen LogP contribution in [0.4, 0.5) is 0 Å². The molecule has 1 N–H and O–H groups in total. The first-order chi connectivity index (χ1) is 11.1. The predicted octanol–water partition coefficient (Wildman–Crippen LogP) is 7.49. The van der Waals surface area contributed by atoms with Gasteiger partial charge in [-0.1, -0.05) is 105 Å². The molecule has 0 amide bonds. The smallest absolute Gasteiger partial charge is 0.00489 e. The zero-order chi connectivity index (χ0) is 17.2. The monoisotopic (exact) mass is 325 g/mol. The third-order valence-electron chi connectivity index (χ3n) is 4.74. The van der Waals surface area contributed by atoms with Crippen LogP contribution >= 0.6 is 0 Å². The van der Waals surface area contributed by atoms with Gasteiger partial charge >= 0.3 is 0 Å². The van der Waals surface area contributed by atoms with E-state index in [1.165, 1.54) is 109 Å². The predicted molar refractivity (Wildman–Crippen MR) is 107 cm³/mol. The van der Waals surface area contributed by atoms with Gasteiger partial charge in [-0.25, -0.2) is 0 Å². The summed E-state index contributed by atoms with van der Waals surface area (Å²) in [6.07, 6.45) is 21.3. The molecule has 0 bridgehead atoms. The molecule has 0 aromatic carbocycles. The van der Waals surface area contributed by atoms with Crippen LogP contribution in [0, 0.1) is 5.41 Å². The first-order valence-corrected chi connectivity index (χ1v) is 10.8. The molecule has 0 saturated heterocycles. The van der Waals surface area contributed by atoms with Gasteiger partial charge in [0.15, 0.2) is 0 Å². The van der Waals surface area contributed by atoms with Crippen LogP contribution in [0.1, 0.15) is 124 Å². The van der Waals surface area contributed by atoms with Crippen LogP contribution in [0.25, 0.3) is 0 Å². The minimum absolute atomic E-state index is 0.529. The molecule has 0 aromatic rings. The second-order valence-electron chi connectivity index (χ2n) is 8.66. The maximum absolute atomic E-state index is 3.62. The van der Waals surface area contributed by atoms with Crippen LogP contribution in [-0.4, -0.2) is 13.1 Å². The Morgan fingerprint density at radius 3 is 1.35 bits per heavy atom. The number of nitrogens with one attached hydrogen (secondary N) is 1. The van der Waals surface area contributed by atoms with E-state index < -0.39 is 0 Å². The highest BCUT2D eigenvalue weighted by molar-refractivity contribution is 4.61. The molecule has 0 atom stereocenters. The minimum Gasteiger partial charge on any atom is -0.317 e. The molecule has 0 aliphatic heterocycles. The molecule has 1 heteroatoms. The van der Waals surface area contributed by atoms with Crippen molar-refractivity contribution >= 4 is 0 Å². The van der Waals surface area contributed by atoms with Gasteiger partial charge in [0.1, 0.15) is 0 Å². The van der Waals surface area contributed by atoms with Gasteiger partial charge in [0.2, 0.25) is 0 Å². The lowest BCUT2D eigenvalue weighted by Gasteiger charge is -2.17. The normalized spacial score (nSPS) is 12.0. The first kappa shape index (κ1) is 23.0. The lowest BCUT2D eigenvalue weighted by Crippen LogP contribution is -2.16. The third-order valence-corrected chi connectivity index (χ3v) is 4.74. The van der Waals surface area contributed by atoms with Gasteiger partial charge in [0.05, 0.1) is 0 Å². The summed E-state index contributed by atoms with van der Waals surface area (Å²) in [6.45, 7) is 11.8. The average molecular weight is 326 g/mol. The largest absolute Gasteiger partial charge is 0.317 e. The van der Waals surface area contributed by atoms with Crippen molar-refractivity contribution in [2.45, 2.75) is 124 Å². The molecule has 0 rings (SSSR count). The van der Waals surface area contributed by atoms with E-state index in [0.29, 0.717) is 5.41 Å². The Morgan fingerprint density at radius 1 is 0.522 bits per heavy atom. The molecule has 0 heterocycles. The molecular weight excluding hydrogens is 278 g/mol. The van der Waals surface area contributed by atoms with Gasteiger partial charge in [-0.3, -0.25) is 0 Å². The van der Waals surface area contributed by atoms with Crippen LogP contribution in [-0.2, 0) is 0 Å². The quantitative estimate of drug-likeness (QED) is 0.273. The molecule has 0 unspecified atom stereocenters. The van der Waals surface area contributed by atoms with E-state index in [2.05, 4.69) is 33.0 Å². The Morgan fingerprint density at radius 2 is 0.913 bits per heavy atom. The fourth-order valence-electron chi connectivity index (χ4n) is 3.12. The molecule has 0 aromatic heterocycles. The molecule has 140 valence electrons. The highest BCUT2D eigenvalue weighted by atomic mass is 14.8. The first-order valence-electron chi connectivity index (χ1n) is 10.8. The zero-order valence-corrected chi connectivity index (χ0v) is 17.0. The minimum atomic E-state index is 0.529. The van der Waals surface area contributed by atoms with Crippen molar-refractivity contribution in [1.29, 1.82) is 0 Å². The number of hydrogen-bond acceptors (Lipinski definition) is 1. The SMILES string of the molecule is CCCCCCCCCNCCCCCCCCCC(C)(C)C. The van der Waals surface area contributed by atoms with Gasteiger partial charge in [-0.05, 0) is 37.8 Å². The highest BCUT2D eigenvalue weighted by Gasteiger charge is 2.08. The summed E-state index contributed by atoms with van der Waals surface area (Å²) in [7, 11) is 0. The molecule has 0 radical (unpaired) electrons.